The van der Waals surface area contributed by atoms with E-state index in [0.29, 0.717) is 24.3 Å². The molecule has 0 spiro atoms. The number of amides is 2. The monoisotopic (exact) mass is 299 g/mol. The average Bonchev–Trinajstić information content (AvgIpc) is 2.43. The van der Waals surface area contributed by atoms with E-state index in [-0.39, 0.29) is 30.1 Å². The Morgan fingerprint density at radius 1 is 1.35 bits per heavy atom. The van der Waals surface area contributed by atoms with Crippen molar-refractivity contribution < 1.29 is 9.59 Å². The lowest BCUT2D eigenvalue weighted by molar-refractivity contribution is -0.119. The van der Waals surface area contributed by atoms with Gasteiger partial charge >= 0.3 is 0 Å². The molecule has 0 aliphatic carbocycles. The van der Waals surface area contributed by atoms with Crippen LogP contribution in [0.25, 0.3) is 0 Å². The molecule has 0 bridgehead atoms. The number of carbonyl (C=O) groups is 2. The average molecular weight is 300 g/mol. The highest BCUT2D eigenvalue weighted by Gasteiger charge is 2.12. The van der Waals surface area contributed by atoms with Crippen LogP contribution in [0.15, 0.2) is 24.3 Å². The van der Waals surface area contributed by atoms with Crippen molar-refractivity contribution in [3.63, 3.8) is 0 Å². The van der Waals surface area contributed by atoms with Crippen molar-refractivity contribution in [2.45, 2.75) is 20.3 Å². The third-order valence-corrected chi connectivity index (χ3v) is 2.73. The van der Waals surface area contributed by atoms with Crippen LogP contribution in [0.2, 0.25) is 0 Å². The first-order valence-electron chi connectivity index (χ1n) is 6.47. The molecule has 5 nitrogen and oxygen atoms in total. The van der Waals surface area contributed by atoms with Gasteiger partial charge in [0.1, 0.15) is 0 Å². The van der Waals surface area contributed by atoms with Crippen molar-refractivity contribution >= 4 is 29.9 Å². The SMILES string of the molecule is CCCNC(=O)c1cccc(NC(=O)C(C)CN)c1.Cl. The van der Waals surface area contributed by atoms with Crippen molar-refractivity contribution in [2.24, 2.45) is 11.7 Å². The Bertz CT molecular complexity index is 452. The number of nitrogens with two attached hydrogens (primary N) is 1. The molecule has 0 radical (unpaired) electrons. The zero-order chi connectivity index (χ0) is 14.3. The largest absolute Gasteiger partial charge is 0.352 e. The van der Waals surface area contributed by atoms with Crippen molar-refractivity contribution in [1.82, 2.24) is 5.32 Å². The lowest BCUT2D eigenvalue weighted by Crippen LogP contribution is -2.27. The maximum absolute atomic E-state index is 11.8. The van der Waals surface area contributed by atoms with Gasteiger partial charge < -0.3 is 16.4 Å². The number of anilines is 1. The summed E-state index contributed by atoms with van der Waals surface area (Å²) in [6.45, 7) is 4.68. The van der Waals surface area contributed by atoms with Gasteiger partial charge in [-0.1, -0.05) is 19.9 Å². The van der Waals surface area contributed by atoms with E-state index in [4.69, 9.17) is 5.73 Å². The first-order chi connectivity index (χ1) is 9.08. The van der Waals surface area contributed by atoms with E-state index in [1.807, 2.05) is 6.92 Å². The van der Waals surface area contributed by atoms with Gasteiger partial charge in [0, 0.05) is 30.3 Å². The zero-order valence-corrected chi connectivity index (χ0v) is 12.6. The van der Waals surface area contributed by atoms with Crippen LogP contribution < -0.4 is 16.4 Å². The van der Waals surface area contributed by atoms with Gasteiger partial charge in [-0.05, 0) is 24.6 Å². The molecule has 0 heterocycles. The normalized spacial score (nSPS) is 11.2. The predicted molar refractivity (Wildman–Crippen MR) is 83.2 cm³/mol. The van der Waals surface area contributed by atoms with Gasteiger partial charge in [0.2, 0.25) is 5.91 Å². The molecule has 0 saturated heterocycles. The molecule has 6 heteroatoms. The molecule has 20 heavy (non-hydrogen) atoms. The number of benzene rings is 1. The highest BCUT2D eigenvalue weighted by molar-refractivity contribution is 5.97. The molecule has 0 aromatic heterocycles. The number of rotatable bonds is 6. The van der Waals surface area contributed by atoms with Crippen LogP contribution >= 0.6 is 12.4 Å². The Morgan fingerprint density at radius 2 is 2.05 bits per heavy atom. The standard InChI is InChI=1S/C14H21N3O2.ClH/c1-3-7-16-14(19)11-5-4-6-12(8-11)17-13(18)10(2)9-15;/h4-6,8,10H,3,7,9,15H2,1-2H3,(H,16,19)(H,17,18);1H. The molecule has 4 N–H and O–H groups in total. The third-order valence-electron chi connectivity index (χ3n) is 2.73. The minimum atomic E-state index is -0.252. The van der Waals surface area contributed by atoms with Gasteiger partial charge in [-0.3, -0.25) is 9.59 Å². The summed E-state index contributed by atoms with van der Waals surface area (Å²) < 4.78 is 0. The number of hydrogen-bond donors (Lipinski definition) is 3. The molecule has 0 aliphatic heterocycles. The van der Waals surface area contributed by atoms with Crippen LogP contribution in [0.5, 0.6) is 0 Å². The van der Waals surface area contributed by atoms with Crippen molar-refractivity contribution in [2.75, 3.05) is 18.4 Å². The number of carbonyl (C=O) groups excluding carboxylic acids is 2. The fourth-order valence-electron chi connectivity index (χ4n) is 1.45. The molecule has 1 aromatic carbocycles. The lowest BCUT2D eigenvalue weighted by atomic mass is 10.1. The molecule has 0 aliphatic rings. The molecule has 0 saturated carbocycles. The topological polar surface area (TPSA) is 84.2 Å². The van der Waals surface area contributed by atoms with Gasteiger partial charge in [0.15, 0.2) is 0 Å². The molecule has 2 amide bonds. The molecule has 1 unspecified atom stereocenters. The minimum Gasteiger partial charge on any atom is -0.352 e. The van der Waals surface area contributed by atoms with Crippen LogP contribution in [0, 0.1) is 5.92 Å². The number of halogens is 1. The molecular formula is C14H22ClN3O2. The van der Waals surface area contributed by atoms with E-state index in [1.165, 1.54) is 0 Å². The highest BCUT2D eigenvalue weighted by atomic mass is 35.5. The summed E-state index contributed by atoms with van der Waals surface area (Å²) in [7, 11) is 0. The second-order valence-electron chi connectivity index (χ2n) is 4.46. The third kappa shape index (κ3) is 5.59. The zero-order valence-electron chi connectivity index (χ0n) is 11.8. The fraction of sp³-hybridized carbons (Fsp3) is 0.429. The summed E-state index contributed by atoms with van der Waals surface area (Å²) >= 11 is 0. The highest BCUT2D eigenvalue weighted by Crippen LogP contribution is 2.12. The molecule has 1 aromatic rings. The van der Waals surface area contributed by atoms with E-state index in [9.17, 15) is 9.59 Å². The summed E-state index contributed by atoms with van der Waals surface area (Å²) in [6, 6.07) is 6.86. The second kappa shape index (κ2) is 9.34. The lowest BCUT2D eigenvalue weighted by Gasteiger charge is -2.11. The van der Waals surface area contributed by atoms with Gasteiger partial charge in [-0.2, -0.15) is 0 Å². The van der Waals surface area contributed by atoms with Crippen molar-refractivity contribution in [1.29, 1.82) is 0 Å². The van der Waals surface area contributed by atoms with Crippen LogP contribution in [-0.4, -0.2) is 24.9 Å². The summed E-state index contributed by atoms with van der Waals surface area (Å²) in [5.74, 6) is -0.531. The van der Waals surface area contributed by atoms with Gasteiger partial charge in [-0.15, -0.1) is 12.4 Å². The summed E-state index contributed by atoms with van der Waals surface area (Å²) in [4.78, 5) is 23.5. The molecule has 0 fully saturated rings. The van der Waals surface area contributed by atoms with Crippen LogP contribution in [-0.2, 0) is 4.79 Å². The second-order valence-corrected chi connectivity index (χ2v) is 4.46. The van der Waals surface area contributed by atoms with E-state index in [2.05, 4.69) is 10.6 Å². The van der Waals surface area contributed by atoms with Crippen LogP contribution in [0.3, 0.4) is 0 Å². The van der Waals surface area contributed by atoms with Crippen LogP contribution in [0.1, 0.15) is 30.6 Å². The maximum Gasteiger partial charge on any atom is 0.251 e. The number of hydrogen-bond acceptors (Lipinski definition) is 3. The molecule has 1 atom stereocenters. The Balaban J connectivity index is 0.00000361. The molecule has 112 valence electrons. The Kier molecular flexibility index (Phi) is 8.59. The summed E-state index contributed by atoms with van der Waals surface area (Å²) in [5, 5.41) is 5.54. The summed E-state index contributed by atoms with van der Waals surface area (Å²) in [6.07, 6.45) is 0.885. The Labute approximate surface area is 125 Å². The first-order valence-corrected chi connectivity index (χ1v) is 6.47. The van der Waals surface area contributed by atoms with E-state index >= 15 is 0 Å². The number of nitrogens with one attached hydrogen (secondary N) is 2. The van der Waals surface area contributed by atoms with E-state index < -0.39 is 0 Å². The summed E-state index contributed by atoms with van der Waals surface area (Å²) in [5.41, 5.74) is 6.57. The van der Waals surface area contributed by atoms with Crippen molar-refractivity contribution in [3.05, 3.63) is 29.8 Å². The molecular weight excluding hydrogens is 278 g/mol. The smallest absolute Gasteiger partial charge is 0.251 e. The predicted octanol–water partition coefficient (Wildman–Crippen LogP) is 1.78. The fourth-order valence-corrected chi connectivity index (χ4v) is 1.45. The van der Waals surface area contributed by atoms with Gasteiger partial charge in [0.25, 0.3) is 5.91 Å². The van der Waals surface area contributed by atoms with E-state index in [1.54, 1.807) is 31.2 Å². The Morgan fingerprint density at radius 3 is 2.65 bits per heavy atom. The van der Waals surface area contributed by atoms with E-state index in [0.717, 1.165) is 6.42 Å². The molecule has 1 rings (SSSR count). The van der Waals surface area contributed by atoms with Gasteiger partial charge in [0.05, 0.1) is 0 Å². The minimum absolute atomic E-state index is 0. The maximum atomic E-state index is 11.8. The quantitative estimate of drug-likeness (QED) is 0.748. The van der Waals surface area contributed by atoms with Gasteiger partial charge in [-0.25, -0.2) is 0 Å². The van der Waals surface area contributed by atoms with Crippen molar-refractivity contribution in [3.8, 4) is 0 Å². The first kappa shape index (κ1) is 18.4. The van der Waals surface area contributed by atoms with Crippen LogP contribution in [0.4, 0.5) is 5.69 Å². The Hall–Kier alpha value is -1.59.